The molecule has 3 heteroatoms. The molecule has 0 heterocycles. The van der Waals surface area contributed by atoms with Gasteiger partial charge in [-0.1, -0.05) is 38.8 Å². The molecule has 3 atom stereocenters. The van der Waals surface area contributed by atoms with Gasteiger partial charge in [0.25, 0.3) is 5.78 Å². The molecule has 20 heavy (non-hydrogen) atoms. The maximum absolute atomic E-state index is 12.4. The van der Waals surface area contributed by atoms with Gasteiger partial charge in [-0.2, -0.15) is 0 Å². The molecule has 3 nitrogen and oxygen atoms in total. The molecule has 3 rings (SSSR count). The Hall–Kier alpha value is -1.25. The monoisotopic (exact) mass is 274 g/mol. The second-order valence-electron chi connectivity index (χ2n) is 7.64. The van der Waals surface area contributed by atoms with E-state index in [9.17, 15) is 14.4 Å². The second-order valence-corrected chi connectivity index (χ2v) is 7.64. The second kappa shape index (κ2) is 4.12. The third-order valence-corrected chi connectivity index (χ3v) is 6.03. The molecule has 0 radical (unpaired) electrons. The van der Waals surface area contributed by atoms with E-state index in [-0.39, 0.29) is 23.2 Å². The molecule has 0 N–H and O–H groups in total. The summed E-state index contributed by atoms with van der Waals surface area (Å²) < 4.78 is 0. The third-order valence-electron chi connectivity index (χ3n) is 6.03. The number of hydrogen-bond donors (Lipinski definition) is 0. The summed E-state index contributed by atoms with van der Waals surface area (Å²) in [5, 5.41) is 0. The van der Waals surface area contributed by atoms with E-state index in [0.29, 0.717) is 5.92 Å². The quantitative estimate of drug-likeness (QED) is 0.504. The van der Waals surface area contributed by atoms with Crippen LogP contribution >= 0.6 is 0 Å². The van der Waals surface area contributed by atoms with Gasteiger partial charge >= 0.3 is 0 Å². The van der Waals surface area contributed by atoms with Gasteiger partial charge < -0.3 is 0 Å². The number of rotatable bonds is 0. The molecule has 3 unspecified atom stereocenters. The van der Waals surface area contributed by atoms with Crippen LogP contribution in [0.1, 0.15) is 52.9 Å². The smallest absolute Gasteiger partial charge is 0.265 e. The molecule has 0 aromatic heterocycles. The number of carbonyl (C=O) groups is 3. The Kier molecular flexibility index (Phi) is 2.83. The number of ketones is 3. The van der Waals surface area contributed by atoms with E-state index in [0.717, 1.165) is 24.8 Å². The zero-order valence-corrected chi connectivity index (χ0v) is 12.5. The third kappa shape index (κ3) is 1.68. The highest BCUT2D eigenvalue weighted by molar-refractivity contribution is 6.66. The van der Waals surface area contributed by atoms with E-state index < -0.39 is 17.3 Å². The summed E-state index contributed by atoms with van der Waals surface area (Å²) >= 11 is 0. The van der Waals surface area contributed by atoms with Gasteiger partial charge in [0.15, 0.2) is 0 Å². The zero-order valence-electron chi connectivity index (χ0n) is 12.5. The zero-order chi connectivity index (χ0) is 14.7. The van der Waals surface area contributed by atoms with Gasteiger partial charge in [0.05, 0.1) is 5.92 Å². The normalized spacial score (nSPS) is 40.0. The van der Waals surface area contributed by atoms with Crippen LogP contribution in [0.5, 0.6) is 0 Å². The minimum atomic E-state index is -0.766. The highest BCUT2D eigenvalue weighted by atomic mass is 16.2. The maximum atomic E-state index is 12.4. The lowest BCUT2D eigenvalue weighted by Crippen LogP contribution is -2.54. The van der Waals surface area contributed by atoms with Gasteiger partial charge in [-0.25, -0.2) is 0 Å². The van der Waals surface area contributed by atoms with Crippen LogP contribution in [0.2, 0.25) is 0 Å². The molecule has 2 saturated carbocycles. The highest BCUT2D eigenvalue weighted by Crippen LogP contribution is 2.60. The Labute approximate surface area is 119 Å². The molecule has 0 amide bonds. The van der Waals surface area contributed by atoms with Crippen LogP contribution in [0, 0.1) is 22.7 Å². The summed E-state index contributed by atoms with van der Waals surface area (Å²) in [6.45, 7) is 6.71. The van der Waals surface area contributed by atoms with Gasteiger partial charge in [-0.15, -0.1) is 0 Å². The van der Waals surface area contributed by atoms with Crippen LogP contribution in [0.3, 0.4) is 0 Å². The Balaban J connectivity index is 2.09. The summed E-state index contributed by atoms with van der Waals surface area (Å²) in [6.07, 6.45) is 6.42. The lowest BCUT2D eigenvalue weighted by molar-refractivity contribution is -0.151. The Morgan fingerprint density at radius 2 is 1.80 bits per heavy atom. The van der Waals surface area contributed by atoms with Crippen molar-refractivity contribution in [3.8, 4) is 0 Å². The van der Waals surface area contributed by atoms with Gasteiger partial charge in [0, 0.05) is 6.42 Å². The van der Waals surface area contributed by atoms with Crippen molar-refractivity contribution in [3.05, 3.63) is 11.6 Å². The van der Waals surface area contributed by atoms with Crippen LogP contribution in [-0.4, -0.2) is 17.3 Å². The van der Waals surface area contributed by atoms with Crippen molar-refractivity contribution in [2.24, 2.45) is 22.7 Å². The van der Waals surface area contributed by atoms with E-state index in [2.05, 4.69) is 26.8 Å². The van der Waals surface area contributed by atoms with Gasteiger partial charge in [-0.3, -0.25) is 14.4 Å². The van der Waals surface area contributed by atoms with E-state index >= 15 is 0 Å². The van der Waals surface area contributed by atoms with Crippen molar-refractivity contribution >= 4 is 17.3 Å². The Morgan fingerprint density at radius 3 is 2.50 bits per heavy atom. The van der Waals surface area contributed by atoms with Crippen LogP contribution in [0.25, 0.3) is 0 Å². The van der Waals surface area contributed by atoms with Crippen LogP contribution in [0.4, 0.5) is 0 Å². The molecular weight excluding hydrogens is 252 g/mol. The minimum absolute atomic E-state index is 0.153. The lowest BCUT2D eigenvalue weighted by Gasteiger charge is -2.56. The summed E-state index contributed by atoms with van der Waals surface area (Å²) in [5.41, 5.74) is 0.954. The number of allylic oxidation sites excluding steroid dienone is 2. The highest BCUT2D eigenvalue weighted by Gasteiger charge is 2.57. The maximum Gasteiger partial charge on any atom is 0.265 e. The fraction of sp³-hybridized carbons (Fsp3) is 0.706. The summed E-state index contributed by atoms with van der Waals surface area (Å²) in [5.74, 6) is -1.65. The van der Waals surface area contributed by atoms with E-state index in [4.69, 9.17) is 0 Å². The average molecular weight is 274 g/mol. The van der Waals surface area contributed by atoms with Crippen LogP contribution in [0.15, 0.2) is 11.6 Å². The SMILES string of the molecule is CC1(C)CCCC2(C)C3C(=O)C(=O)C(=O)CC3=CCC12. The van der Waals surface area contributed by atoms with Crippen molar-refractivity contribution in [3.63, 3.8) is 0 Å². The molecule has 3 aliphatic carbocycles. The van der Waals surface area contributed by atoms with E-state index in [1.807, 2.05) is 0 Å². The number of carbonyl (C=O) groups excluding carboxylic acids is 3. The standard InChI is InChI=1S/C17H22O3/c1-16(2)7-4-8-17(3)12(16)6-5-10-9-11(18)14(19)15(20)13(10)17/h5,12-13H,4,6-9H2,1-3H3. The van der Waals surface area contributed by atoms with Gasteiger partial charge in [0.1, 0.15) is 0 Å². The molecule has 108 valence electrons. The number of fused-ring (bicyclic) bond motifs is 3. The first kappa shape index (κ1) is 13.7. The first-order valence-electron chi connectivity index (χ1n) is 7.58. The van der Waals surface area contributed by atoms with Crippen LogP contribution in [-0.2, 0) is 14.4 Å². The number of Topliss-reactive ketones (excluding diaryl/α,β-unsaturated/α-hetero) is 3. The minimum Gasteiger partial charge on any atom is -0.290 e. The van der Waals surface area contributed by atoms with Crippen LogP contribution < -0.4 is 0 Å². The predicted molar refractivity (Wildman–Crippen MR) is 75.1 cm³/mol. The van der Waals surface area contributed by atoms with E-state index in [1.54, 1.807) is 0 Å². The Bertz CT molecular complexity index is 540. The fourth-order valence-electron chi connectivity index (χ4n) is 5.09. The summed E-state index contributed by atoms with van der Waals surface area (Å²) in [6, 6.07) is 0. The summed E-state index contributed by atoms with van der Waals surface area (Å²) in [4.78, 5) is 35.9. The van der Waals surface area contributed by atoms with Crippen molar-refractivity contribution in [2.45, 2.75) is 52.9 Å². The molecular formula is C17H22O3. The Morgan fingerprint density at radius 1 is 1.10 bits per heavy atom. The molecule has 0 aromatic rings. The van der Waals surface area contributed by atoms with Gasteiger partial charge in [-0.05, 0) is 36.0 Å². The topological polar surface area (TPSA) is 51.2 Å². The van der Waals surface area contributed by atoms with Crippen molar-refractivity contribution < 1.29 is 14.4 Å². The molecule has 0 aliphatic heterocycles. The largest absolute Gasteiger partial charge is 0.290 e. The molecule has 2 fully saturated rings. The number of hydrogen-bond acceptors (Lipinski definition) is 3. The summed E-state index contributed by atoms with van der Waals surface area (Å²) in [7, 11) is 0. The molecule has 0 spiro atoms. The predicted octanol–water partition coefficient (Wildman–Crippen LogP) is 2.88. The van der Waals surface area contributed by atoms with Crippen molar-refractivity contribution in [1.82, 2.24) is 0 Å². The first-order valence-corrected chi connectivity index (χ1v) is 7.58. The fourth-order valence-corrected chi connectivity index (χ4v) is 5.09. The molecule has 3 aliphatic rings. The molecule has 0 saturated heterocycles. The lowest BCUT2D eigenvalue weighted by atomic mass is 9.47. The van der Waals surface area contributed by atoms with Gasteiger partial charge in [0.2, 0.25) is 11.6 Å². The molecule has 0 aromatic carbocycles. The molecule has 0 bridgehead atoms. The first-order chi connectivity index (χ1) is 9.27. The van der Waals surface area contributed by atoms with E-state index in [1.165, 1.54) is 6.42 Å². The van der Waals surface area contributed by atoms with Crippen molar-refractivity contribution in [1.29, 1.82) is 0 Å². The van der Waals surface area contributed by atoms with Crippen molar-refractivity contribution in [2.75, 3.05) is 0 Å². The average Bonchev–Trinajstić information content (AvgIpc) is 2.34.